The minimum atomic E-state index is -0.979. The number of amides is 1. The van der Waals surface area contributed by atoms with Gasteiger partial charge in [-0.15, -0.1) is 0 Å². The molecule has 0 aliphatic carbocycles. The first-order valence-electron chi connectivity index (χ1n) is 5.64. The number of carbonyl (C=O) groups is 2. The van der Waals surface area contributed by atoms with Gasteiger partial charge in [-0.1, -0.05) is 34.1 Å². The van der Waals surface area contributed by atoms with Gasteiger partial charge < -0.3 is 15.7 Å². The van der Waals surface area contributed by atoms with E-state index in [0.29, 0.717) is 0 Å². The van der Waals surface area contributed by atoms with Crippen LogP contribution in [0.5, 0.6) is 0 Å². The highest BCUT2D eigenvalue weighted by atomic mass is 16.4. The zero-order valence-corrected chi connectivity index (χ0v) is 10.4. The van der Waals surface area contributed by atoms with Crippen LogP contribution in [0, 0.1) is 5.92 Å². The molecule has 5 heteroatoms. The first-order chi connectivity index (χ1) is 7.38. The normalized spacial score (nSPS) is 14.6. The van der Waals surface area contributed by atoms with Crippen molar-refractivity contribution < 1.29 is 14.7 Å². The maximum Gasteiger partial charge on any atom is 0.326 e. The summed E-state index contributed by atoms with van der Waals surface area (Å²) in [5.74, 6) is -1.32. The van der Waals surface area contributed by atoms with Gasteiger partial charge in [0.2, 0.25) is 5.91 Å². The van der Waals surface area contributed by atoms with E-state index < -0.39 is 12.0 Å². The van der Waals surface area contributed by atoms with Gasteiger partial charge in [0.1, 0.15) is 6.04 Å². The molecule has 0 saturated heterocycles. The lowest BCUT2D eigenvalue weighted by molar-refractivity contribution is -0.143. The van der Waals surface area contributed by atoms with Gasteiger partial charge in [-0.2, -0.15) is 0 Å². The van der Waals surface area contributed by atoms with Crippen molar-refractivity contribution in [1.82, 2.24) is 10.6 Å². The second-order valence-electron chi connectivity index (χ2n) is 4.30. The third-order valence-electron chi connectivity index (χ3n) is 2.47. The summed E-state index contributed by atoms with van der Waals surface area (Å²) in [6.07, 6.45) is 0.717. The third-order valence-corrected chi connectivity index (χ3v) is 2.47. The van der Waals surface area contributed by atoms with Crippen LogP contribution >= 0.6 is 0 Å². The molecule has 0 fully saturated rings. The first-order valence-corrected chi connectivity index (χ1v) is 5.64. The van der Waals surface area contributed by atoms with Crippen LogP contribution in [0.4, 0.5) is 0 Å². The van der Waals surface area contributed by atoms with Crippen LogP contribution in [0.2, 0.25) is 0 Å². The highest BCUT2D eigenvalue weighted by Gasteiger charge is 2.24. The van der Waals surface area contributed by atoms with Crippen LogP contribution in [0.3, 0.4) is 0 Å². The van der Waals surface area contributed by atoms with E-state index in [4.69, 9.17) is 5.11 Å². The standard InChI is InChI=1S/C11H22N2O3/c1-5-8(4)10(11(15)16)13-9(14)6-12-7(2)3/h7-8,10,12H,5-6H2,1-4H3,(H,13,14)(H,15,16)/t8?,10-/m0/s1. The van der Waals surface area contributed by atoms with Gasteiger partial charge in [0.05, 0.1) is 6.54 Å². The molecule has 0 heterocycles. The quantitative estimate of drug-likeness (QED) is 0.598. The van der Waals surface area contributed by atoms with Crippen molar-refractivity contribution in [1.29, 1.82) is 0 Å². The molecule has 0 radical (unpaired) electrons. The van der Waals surface area contributed by atoms with Gasteiger partial charge in [-0.25, -0.2) is 4.79 Å². The Morgan fingerprint density at radius 2 is 1.81 bits per heavy atom. The van der Waals surface area contributed by atoms with Crippen LogP contribution in [-0.2, 0) is 9.59 Å². The summed E-state index contributed by atoms with van der Waals surface area (Å²) in [7, 11) is 0. The van der Waals surface area contributed by atoms with E-state index in [1.54, 1.807) is 0 Å². The first kappa shape index (κ1) is 14.9. The van der Waals surface area contributed by atoms with Crippen molar-refractivity contribution in [2.75, 3.05) is 6.54 Å². The number of carbonyl (C=O) groups excluding carboxylic acids is 1. The van der Waals surface area contributed by atoms with Gasteiger partial charge in [-0.3, -0.25) is 4.79 Å². The summed E-state index contributed by atoms with van der Waals surface area (Å²) < 4.78 is 0. The SMILES string of the molecule is CCC(C)[C@H](NC(=O)CNC(C)C)C(=O)O. The molecule has 0 aliphatic rings. The second kappa shape index (κ2) is 7.22. The molecule has 2 atom stereocenters. The molecule has 94 valence electrons. The smallest absolute Gasteiger partial charge is 0.326 e. The van der Waals surface area contributed by atoms with Crippen LogP contribution in [0.1, 0.15) is 34.1 Å². The summed E-state index contributed by atoms with van der Waals surface area (Å²) in [6, 6.07) is -0.593. The second-order valence-corrected chi connectivity index (χ2v) is 4.30. The van der Waals surface area contributed by atoms with Crippen molar-refractivity contribution >= 4 is 11.9 Å². The number of carboxylic acids is 1. The average Bonchev–Trinajstić information content (AvgIpc) is 2.21. The molecule has 5 nitrogen and oxygen atoms in total. The lowest BCUT2D eigenvalue weighted by atomic mass is 9.99. The average molecular weight is 230 g/mol. The Morgan fingerprint density at radius 1 is 1.25 bits per heavy atom. The van der Waals surface area contributed by atoms with Crippen molar-refractivity contribution in [2.24, 2.45) is 5.92 Å². The van der Waals surface area contributed by atoms with Gasteiger partial charge in [0.25, 0.3) is 0 Å². The van der Waals surface area contributed by atoms with E-state index in [-0.39, 0.29) is 24.4 Å². The Balaban J connectivity index is 4.19. The zero-order chi connectivity index (χ0) is 12.7. The molecule has 0 aromatic carbocycles. The van der Waals surface area contributed by atoms with E-state index in [1.165, 1.54) is 0 Å². The van der Waals surface area contributed by atoms with Crippen molar-refractivity contribution in [2.45, 2.75) is 46.2 Å². The van der Waals surface area contributed by atoms with Crippen LogP contribution in [0.15, 0.2) is 0 Å². The fourth-order valence-corrected chi connectivity index (χ4v) is 1.20. The van der Waals surface area contributed by atoms with Gasteiger partial charge in [0, 0.05) is 6.04 Å². The molecule has 0 aromatic heterocycles. The Labute approximate surface area is 96.6 Å². The Kier molecular flexibility index (Phi) is 6.72. The number of carboxylic acid groups (broad SMARTS) is 1. The molecule has 1 unspecified atom stereocenters. The van der Waals surface area contributed by atoms with Gasteiger partial charge >= 0.3 is 5.97 Å². The van der Waals surface area contributed by atoms with Crippen LogP contribution in [-0.4, -0.2) is 35.6 Å². The summed E-state index contributed by atoms with van der Waals surface area (Å²) in [6.45, 7) is 7.72. The van der Waals surface area contributed by atoms with Gasteiger partial charge in [-0.05, 0) is 5.92 Å². The number of aliphatic carboxylic acids is 1. The largest absolute Gasteiger partial charge is 0.480 e. The lowest BCUT2D eigenvalue weighted by Gasteiger charge is -2.20. The van der Waals surface area contributed by atoms with E-state index in [9.17, 15) is 9.59 Å². The highest BCUT2D eigenvalue weighted by molar-refractivity contribution is 5.84. The molecule has 0 saturated carbocycles. The van der Waals surface area contributed by atoms with Crippen molar-refractivity contribution in [3.8, 4) is 0 Å². The van der Waals surface area contributed by atoms with Gasteiger partial charge in [0.15, 0.2) is 0 Å². The molecular formula is C11H22N2O3. The summed E-state index contributed by atoms with van der Waals surface area (Å²) >= 11 is 0. The molecule has 1 amide bonds. The predicted octanol–water partition coefficient (Wildman–Crippen LogP) is 0.600. The summed E-state index contributed by atoms with van der Waals surface area (Å²) in [5.41, 5.74) is 0. The van der Waals surface area contributed by atoms with E-state index >= 15 is 0 Å². The maximum atomic E-state index is 11.4. The minimum absolute atomic E-state index is 0.0690. The minimum Gasteiger partial charge on any atom is -0.480 e. The molecule has 3 N–H and O–H groups in total. The highest BCUT2D eigenvalue weighted by Crippen LogP contribution is 2.07. The van der Waals surface area contributed by atoms with E-state index in [2.05, 4.69) is 10.6 Å². The van der Waals surface area contributed by atoms with Crippen molar-refractivity contribution in [3.05, 3.63) is 0 Å². The maximum absolute atomic E-state index is 11.4. The monoisotopic (exact) mass is 230 g/mol. The summed E-state index contributed by atoms with van der Waals surface area (Å²) in [4.78, 5) is 22.4. The fourth-order valence-electron chi connectivity index (χ4n) is 1.20. The number of hydrogen-bond acceptors (Lipinski definition) is 3. The Bertz CT molecular complexity index is 241. The van der Waals surface area contributed by atoms with E-state index in [1.807, 2.05) is 27.7 Å². The zero-order valence-electron chi connectivity index (χ0n) is 10.4. The molecule has 0 aromatic rings. The number of rotatable bonds is 7. The molecule has 0 aliphatic heterocycles. The number of nitrogens with one attached hydrogen (secondary N) is 2. The molecule has 0 spiro atoms. The van der Waals surface area contributed by atoms with Crippen LogP contribution < -0.4 is 10.6 Å². The lowest BCUT2D eigenvalue weighted by Crippen LogP contribution is -2.48. The molecule has 0 rings (SSSR count). The van der Waals surface area contributed by atoms with Crippen molar-refractivity contribution in [3.63, 3.8) is 0 Å². The number of hydrogen-bond donors (Lipinski definition) is 3. The summed E-state index contributed by atoms with van der Waals surface area (Å²) in [5, 5.41) is 14.4. The fraction of sp³-hybridized carbons (Fsp3) is 0.818. The topological polar surface area (TPSA) is 78.4 Å². The molecule has 0 bridgehead atoms. The van der Waals surface area contributed by atoms with E-state index in [0.717, 1.165) is 6.42 Å². The molecular weight excluding hydrogens is 208 g/mol. The Morgan fingerprint density at radius 3 is 2.19 bits per heavy atom. The Hall–Kier alpha value is -1.10. The molecule has 16 heavy (non-hydrogen) atoms. The predicted molar refractivity (Wildman–Crippen MR) is 62.2 cm³/mol. The van der Waals surface area contributed by atoms with Crippen LogP contribution in [0.25, 0.3) is 0 Å². The third kappa shape index (κ3) is 5.70.